The van der Waals surface area contributed by atoms with Gasteiger partial charge in [-0.3, -0.25) is 9.59 Å². The highest BCUT2D eigenvalue weighted by Gasteiger charge is 2.30. The predicted octanol–water partition coefficient (Wildman–Crippen LogP) is 6.04. The van der Waals surface area contributed by atoms with E-state index >= 15 is 0 Å². The lowest BCUT2D eigenvalue weighted by Gasteiger charge is -2.22. The number of anilines is 1. The molecule has 38 heavy (non-hydrogen) atoms. The van der Waals surface area contributed by atoms with Gasteiger partial charge in [-0.15, -0.1) is 0 Å². The van der Waals surface area contributed by atoms with Gasteiger partial charge in [0, 0.05) is 6.54 Å². The van der Waals surface area contributed by atoms with Gasteiger partial charge >= 0.3 is 12.1 Å². The molecule has 0 aliphatic heterocycles. The molecule has 0 radical (unpaired) electrons. The average Bonchev–Trinajstić information content (AvgIpc) is 2.88. The van der Waals surface area contributed by atoms with Crippen molar-refractivity contribution in [2.24, 2.45) is 5.92 Å². The van der Waals surface area contributed by atoms with Crippen LogP contribution in [0.15, 0.2) is 60.9 Å². The number of carbonyl (C=O) groups is 2. The van der Waals surface area contributed by atoms with Crippen molar-refractivity contribution in [3.05, 3.63) is 77.9 Å². The molecular formula is C28H31F3N4O3. The van der Waals surface area contributed by atoms with Crippen LogP contribution in [0.2, 0.25) is 0 Å². The highest BCUT2D eigenvalue weighted by molar-refractivity contribution is 5.90. The maximum Gasteiger partial charge on any atom is 0.416 e. The smallest absolute Gasteiger partial charge is 0.416 e. The molecule has 0 spiro atoms. The topological polar surface area (TPSA) is 93.2 Å². The largest absolute Gasteiger partial charge is 0.466 e. The van der Waals surface area contributed by atoms with Gasteiger partial charge in [0.05, 0.1) is 42.7 Å². The van der Waals surface area contributed by atoms with Crippen molar-refractivity contribution < 1.29 is 27.5 Å². The van der Waals surface area contributed by atoms with E-state index < -0.39 is 23.6 Å². The highest BCUT2D eigenvalue weighted by atomic mass is 19.4. The molecule has 0 saturated carbocycles. The number of carbonyl (C=O) groups excluding carboxylic acids is 2. The van der Waals surface area contributed by atoms with Crippen LogP contribution >= 0.6 is 0 Å². The molecule has 1 heterocycles. The number of alkyl halides is 3. The Morgan fingerprint density at radius 1 is 0.947 bits per heavy atom. The van der Waals surface area contributed by atoms with Crippen LogP contribution in [0.3, 0.4) is 0 Å². The molecule has 1 aromatic heterocycles. The van der Waals surface area contributed by atoms with Crippen LogP contribution in [0.5, 0.6) is 0 Å². The van der Waals surface area contributed by atoms with Crippen LogP contribution in [0, 0.1) is 5.92 Å². The van der Waals surface area contributed by atoms with E-state index in [1.807, 2.05) is 24.3 Å². The number of ether oxygens (including phenoxy) is 1. The fourth-order valence-corrected chi connectivity index (χ4v) is 3.82. The van der Waals surface area contributed by atoms with Gasteiger partial charge in [0.1, 0.15) is 0 Å². The highest BCUT2D eigenvalue weighted by Crippen LogP contribution is 2.32. The summed E-state index contributed by atoms with van der Waals surface area (Å²) in [6, 6.07) is 12.7. The number of hydrogen-bond acceptors (Lipinski definition) is 6. The molecule has 1 atom stereocenters. The molecular weight excluding hydrogens is 497 g/mol. The molecule has 3 aromatic rings. The van der Waals surface area contributed by atoms with Crippen LogP contribution in [0.1, 0.15) is 61.4 Å². The van der Waals surface area contributed by atoms with Crippen molar-refractivity contribution in [1.82, 2.24) is 15.3 Å². The molecule has 1 amide bonds. The van der Waals surface area contributed by atoms with Crippen molar-refractivity contribution in [2.45, 2.75) is 45.8 Å². The van der Waals surface area contributed by atoms with Crippen molar-refractivity contribution in [1.29, 1.82) is 0 Å². The summed E-state index contributed by atoms with van der Waals surface area (Å²) in [5.74, 6) is -0.525. The first-order valence-corrected chi connectivity index (χ1v) is 12.4. The molecule has 0 aliphatic rings. The van der Waals surface area contributed by atoms with Gasteiger partial charge in [0.2, 0.25) is 5.82 Å². The Hall–Kier alpha value is -3.95. The molecule has 0 saturated heterocycles. The number of nitrogens with one attached hydrogen (secondary N) is 2. The number of esters is 1. The monoisotopic (exact) mass is 528 g/mol. The summed E-state index contributed by atoms with van der Waals surface area (Å²) in [6.45, 7) is 6.33. The summed E-state index contributed by atoms with van der Waals surface area (Å²) >= 11 is 0. The summed E-state index contributed by atoms with van der Waals surface area (Å²) < 4.78 is 43.4. The maximum absolute atomic E-state index is 12.9. The predicted molar refractivity (Wildman–Crippen MR) is 138 cm³/mol. The average molecular weight is 529 g/mol. The van der Waals surface area contributed by atoms with Gasteiger partial charge in [-0.1, -0.05) is 50.2 Å². The van der Waals surface area contributed by atoms with Crippen molar-refractivity contribution in [2.75, 3.05) is 18.5 Å². The Bertz CT molecular complexity index is 1200. The molecule has 0 aliphatic carbocycles. The number of nitrogens with zero attached hydrogens (tertiary/aromatic N) is 2. The van der Waals surface area contributed by atoms with Crippen LogP contribution in [0.25, 0.3) is 11.1 Å². The van der Waals surface area contributed by atoms with Gasteiger partial charge in [0.25, 0.3) is 5.91 Å². The van der Waals surface area contributed by atoms with Gasteiger partial charge in [0.15, 0.2) is 0 Å². The van der Waals surface area contributed by atoms with E-state index in [4.69, 9.17) is 4.74 Å². The molecule has 7 nitrogen and oxygen atoms in total. The van der Waals surface area contributed by atoms with Crippen LogP contribution < -0.4 is 10.6 Å². The second-order valence-corrected chi connectivity index (χ2v) is 9.13. The third-order valence-electron chi connectivity index (χ3n) is 5.68. The van der Waals surface area contributed by atoms with Crippen molar-refractivity contribution >= 4 is 17.6 Å². The molecule has 3 rings (SSSR count). The zero-order valence-corrected chi connectivity index (χ0v) is 21.5. The Kier molecular flexibility index (Phi) is 9.81. The number of amides is 1. The lowest BCUT2D eigenvalue weighted by molar-refractivity contribution is -0.143. The zero-order valence-electron chi connectivity index (χ0n) is 21.5. The van der Waals surface area contributed by atoms with E-state index in [9.17, 15) is 22.8 Å². The Labute approximate surface area is 219 Å². The summed E-state index contributed by atoms with van der Waals surface area (Å²) in [7, 11) is 0. The van der Waals surface area contributed by atoms with Crippen LogP contribution in [-0.2, 0) is 15.7 Å². The fourth-order valence-electron chi connectivity index (χ4n) is 3.82. The summed E-state index contributed by atoms with van der Waals surface area (Å²) in [6.07, 6.45) is -0.453. The Morgan fingerprint density at radius 3 is 2.05 bits per heavy atom. The lowest BCUT2D eigenvalue weighted by atomic mass is 9.94. The first-order valence-electron chi connectivity index (χ1n) is 12.4. The van der Waals surface area contributed by atoms with Crippen molar-refractivity contribution in [3.8, 4) is 11.1 Å². The number of hydrogen-bond donors (Lipinski definition) is 2. The van der Waals surface area contributed by atoms with E-state index in [0.717, 1.165) is 29.7 Å². The first-order chi connectivity index (χ1) is 18.1. The standard InChI is InChI=1S/C28H31F3N4O3/c1-4-38-25(36)13-14-32-27(37)26-33-16-23(17-34-26)35-24(15-18(2)3)21-7-5-19(6-8-21)20-9-11-22(12-10-20)28(29,30)31/h5-12,16-18,24,35H,4,13-15H2,1-3H3,(H,32,37)/t24-/m1/s1. The number of benzene rings is 2. The number of aromatic nitrogens is 2. The van der Waals surface area contributed by atoms with E-state index in [-0.39, 0.29) is 31.4 Å². The second kappa shape index (κ2) is 13.0. The quantitative estimate of drug-likeness (QED) is 0.295. The summed E-state index contributed by atoms with van der Waals surface area (Å²) in [5.41, 5.74) is 2.46. The minimum atomic E-state index is -4.37. The molecule has 10 heteroatoms. The molecule has 0 bridgehead atoms. The van der Waals surface area contributed by atoms with Gasteiger partial charge in [-0.2, -0.15) is 13.2 Å². The Morgan fingerprint density at radius 2 is 1.53 bits per heavy atom. The lowest BCUT2D eigenvalue weighted by Crippen LogP contribution is -2.28. The minimum absolute atomic E-state index is 0.0132. The Balaban J connectivity index is 1.66. The molecule has 2 aromatic carbocycles. The van der Waals surface area contributed by atoms with Gasteiger partial charge in [-0.25, -0.2) is 9.97 Å². The summed E-state index contributed by atoms with van der Waals surface area (Å²) in [4.78, 5) is 31.9. The van der Waals surface area contributed by atoms with Gasteiger partial charge in [-0.05, 0) is 48.1 Å². The van der Waals surface area contributed by atoms with Gasteiger partial charge < -0.3 is 15.4 Å². The number of rotatable bonds is 11. The zero-order chi connectivity index (χ0) is 27.7. The first kappa shape index (κ1) is 28.6. The molecule has 202 valence electrons. The normalized spacial score (nSPS) is 12.2. The van der Waals surface area contributed by atoms with E-state index in [0.29, 0.717) is 17.2 Å². The van der Waals surface area contributed by atoms with Crippen LogP contribution in [-0.4, -0.2) is 35.0 Å². The van der Waals surface area contributed by atoms with Crippen molar-refractivity contribution in [3.63, 3.8) is 0 Å². The van der Waals surface area contributed by atoms with E-state index in [1.165, 1.54) is 24.5 Å². The minimum Gasteiger partial charge on any atom is -0.466 e. The second-order valence-electron chi connectivity index (χ2n) is 9.13. The molecule has 2 N–H and O–H groups in total. The molecule has 0 fully saturated rings. The van der Waals surface area contributed by atoms with Crippen LogP contribution in [0.4, 0.5) is 18.9 Å². The number of halogens is 3. The summed E-state index contributed by atoms with van der Waals surface area (Å²) in [5, 5.41) is 5.99. The van der Waals surface area contributed by atoms with E-state index in [1.54, 1.807) is 6.92 Å². The molecule has 0 unspecified atom stereocenters. The third-order valence-corrected chi connectivity index (χ3v) is 5.68. The fraction of sp³-hybridized carbons (Fsp3) is 0.357. The SMILES string of the molecule is CCOC(=O)CCNC(=O)c1ncc(N[C@H](CC(C)C)c2ccc(-c3ccc(C(F)(F)F)cc3)cc2)cn1. The third kappa shape index (κ3) is 8.29. The van der Waals surface area contributed by atoms with E-state index in [2.05, 4.69) is 34.4 Å². The maximum atomic E-state index is 12.9.